The highest BCUT2D eigenvalue weighted by atomic mass is 32.1. The Balaban J connectivity index is 1.01. The maximum absolute atomic E-state index is 6.31. The number of hydrogen-bond donors (Lipinski definition) is 0. The van der Waals surface area contributed by atoms with Crippen LogP contribution in [-0.2, 0) is 0 Å². The summed E-state index contributed by atoms with van der Waals surface area (Å²) >= 11 is 1.84. The SMILES string of the molecule is c1ccc2c(c1)Oc1ccc(-c3ccc(-c4ccc(-c5ccc(-c6cccc7ccccc67)cc5)cc4)s3)c3cccc-2c13. The zero-order chi connectivity index (χ0) is 29.0. The van der Waals surface area contributed by atoms with E-state index in [0.29, 0.717) is 0 Å². The van der Waals surface area contributed by atoms with E-state index in [9.17, 15) is 0 Å². The summed E-state index contributed by atoms with van der Waals surface area (Å²) < 4.78 is 6.31. The van der Waals surface area contributed by atoms with Crippen LogP contribution < -0.4 is 4.74 Å². The highest BCUT2D eigenvalue weighted by molar-refractivity contribution is 7.18. The van der Waals surface area contributed by atoms with Crippen molar-refractivity contribution in [3.05, 3.63) is 158 Å². The molecule has 9 rings (SSSR count). The molecular weight excluding hydrogens is 553 g/mol. The lowest BCUT2D eigenvalue weighted by atomic mass is 9.92. The molecule has 0 bridgehead atoms. The van der Waals surface area contributed by atoms with Gasteiger partial charge in [-0.05, 0) is 85.4 Å². The Morgan fingerprint density at radius 1 is 0.341 bits per heavy atom. The maximum Gasteiger partial charge on any atom is 0.135 e. The van der Waals surface area contributed by atoms with Crippen LogP contribution in [0.15, 0.2) is 158 Å². The van der Waals surface area contributed by atoms with Crippen LogP contribution in [0.5, 0.6) is 11.5 Å². The summed E-state index contributed by atoms with van der Waals surface area (Å²) in [6.07, 6.45) is 0. The molecule has 0 radical (unpaired) electrons. The molecule has 8 aromatic rings. The second-order valence-corrected chi connectivity index (χ2v) is 12.4. The molecule has 2 heteroatoms. The fraction of sp³-hybridized carbons (Fsp3) is 0. The molecule has 1 nitrogen and oxygen atoms in total. The van der Waals surface area contributed by atoms with Gasteiger partial charge in [0.05, 0.1) is 0 Å². The number of ether oxygens (including phenoxy) is 1. The number of para-hydroxylation sites is 1. The summed E-state index contributed by atoms with van der Waals surface area (Å²) in [6.45, 7) is 0. The van der Waals surface area contributed by atoms with Gasteiger partial charge < -0.3 is 4.74 Å². The molecule has 1 aliphatic heterocycles. The molecular formula is C42H26OS. The van der Waals surface area contributed by atoms with Crippen LogP contribution in [-0.4, -0.2) is 0 Å². The van der Waals surface area contributed by atoms with Crippen LogP contribution in [0.1, 0.15) is 0 Å². The number of thiophene rings is 1. The van der Waals surface area contributed by atoms with Gasteiger partial charge in [0.1, 0.15) is 11.5 Å². The summed E-state index contributed by atoms with van der Waals surface area (Å²) in [7, 11) is 0. The fourth-order valence-corrected chi connectivity index (χ4v) is 7.63. The van der Waals surface area contributed by atoms with Crippen molar-refractivity contribution in [1.29, 1.82) is 0 Å². The van der Waals surface area contributed by atoms with Crippen LogP contribution in [0.2, 0.25) is 0 Å². The van der Waals surface area contributed by atoms with E-state index < -0.39 is 0 Å². The monoisotopic (exact) mass is 578 g/mol. The number of fused-ring (bicyclic) bond motifs is 3. The van der Waals surface area contributed by atoms with Crippen molar-refractivity contribution in [2.75, 3.05) is 0 Å². The molecule has 7 aromatic carbocycles. The zero-order valence-corrected chi connectivity index (χ0v) is 24.6. The Labute approximate surface area is 260 Å². The van der Waals surface area contributed by atoms with Gasteiger partial charge in [0.15, 0.2) is 0 Å². The summed E-state index contributed by atoms with van der Waals surface area (Å²) in [5.74, 6) is 1.85. The smallest absolute Gasteiger partial charge is 0.135 e. The van der Waals surface area contributed by atoms with E-state index >= 15 is 0 Å². The van der Waals surface area contributed by atoms with Crippen LogP contribution in [0, 0.1) is 0 Å². The molecule has 0 N–H and O–H groups in total. The molecule has 0 saturated heterocycles. The van der Waals surface area contributed by atoms with Gasteiger partial charge in [-0.1, -0.05) is 127 Å². The normalized spacial score (nSPS) is 11.8. The highest BCUT2D eigenvalue weighted by Crippen LogP contribution is 2.49. The van der Waals surface area contributed by atoms with Gasteiger partial charge in [-0.2, -0.15) is 0 Å². The van der Waals surface area contributed by atoms with Crippen LogP contribution in [0.3, 0.4) is 0 Å². The Bertz CT molecular complexity index is 2340. The zero-order valence-electron chi connectivity index (χ0n) is 23.8. The first kappa shape index (κ1) is 25.1. The van der Waals surface area contributed by atoms with Gasteiger partial charge >= 0.3 is 0 Å². The van der Waals surface area contributed by atoms with Crippen LogP contribution >= 0.6 is 11.3 Å². The molecule has 1 aromatic heterocycles. The van der Waals surface area contributed by atoms with Crippen LogP contribution in [0.4, 0.5) is 0 Å². The minimum absolute atomic E-state index is 0.919. The Kier molecular flexibility index (Phi) is 5.75. The highest BCUT2D eigenvalue weighted by Gasteiger charge is 2.21. The Morgan fingerprint density at radius 3 is 1.82 bits per heavy atom. The van der Waals surface area contributed by atoms with E-state index in [-0.39, 0.29) is 0 Å². The first-order valence-electron chi connectivity index (χ1n) is 14.9. The van der Waals surface area contributed by atoms with Crippen molar-refractivity contribution in [3.8, 4) is 65.8 Å². The van der Waals surface area contributed by atoms with Crippen molar-refractivity contribution < 1.29 is 4.74 Å². The predicted octanol–water partition coefficient (Wildman–Crippen LogP) is 12.5. The van der Waals surface area contributed by atoms with Crippen molar-refractivity contribution in [2.45, 2.75) is 0 Å². The van der Waals surface area contributed by atoms with Gasteiger partial charge in [0.2, 0.25) is 0 Å². The third-order valence-corrected chi connectivity index (χ3v) is 9.93. The number of benzene rings is 7. The van der Waals surface area contributed by atoms with E-state index in [1.165, 1.54) is 70.2 Å². The van der Waals surface area contributed by atoms with E-state index in [0.717, 1.165) is 17.1 Å². The van der Waals surface area contributed by atoms with Gasteiger partial charge in [-0.3, -0.25) is 0 Å². The quantitative estimate of drug-likeness (QED) is 0.202. The molecule has 0 fully saturated rings. The molecule has 44 heavy (non-hydrogen) atoms. The second kappa shape index (κ2) is 10.1. The first-order chi connectivity index (χ1) is 21.8. The topological polar surface area (TPSA) is 9.23 Å². The summed E-state index contributed by atoms with van der Waals surface area (Å²) in [4.78, 5) is 2.52. The molecule has 0 unspecified atom stereocenters. The third kappa shape index (κ3) is 4.07. The van der Waals surface area contributed by atoms with E-state index in [2.05, 4.69) is 146 Å². The van der Waals surface area contributed by atoms with E-state index in [1.807, 2.05) is 23.5 Å². The Hall–Kier alpha value is -5.44. The molecule has 2 heterocycles. The Morgan fingerprint density at radius 2 is 0.955 bits per heavy atom. The largest absolute Gasteiger partial charge is 0.456 e. The van der Waals surface area contributed by atoms with Gasteiger partial charge in [0, 0.05) is 20.7 Å². The molecule has 0 spiro atoms. The van der Waals surface area contributed by atoms with Gasteiger partial charge in [0.25, 0.3) is 0 Å². The molecule has 0 atom stereocenters. The predicted molar refractivity (Wildman–Crippen MR) is 187 cm³/mol. The molecule has 0 amide bonds. The standard InChI is InChI=1S/C42H26OS/c1-2-9-32-29(7-1)8-5-11-33(32)30-19-15-27(16-20-30)28-17-21-31(22-18-28)40-25-26-41(44-40)35-23-24-39-42-36(12-6-13-37(35)42)34-10-3-4-14-38(34)43-39/h1-26H. The summed E-state index contributed by atoms with van der Waals surface area (Å²) in [5, 5.41) is 4.97. The van der Waals surface area contributed by atoms with E-state index in [4.69, 9.17) is 4.74 Å². The molecule has 0 saturated carbocycles. The maximum atomic E-state index is 6.31. The lowest BCUT2D eigenvalue weighted by molar-refractivity contribution is 0.487. The fourth-order valence-electron chi connectivity index (χ4n) is 6.58. The second-order valence-electron chi connectivity index (χ2n) is 11.3. The third-order valence-electron chi connectivity index (χ3n) is 8.76. The minimum atomic E-state index is 0.919. The summed E-state index contributed by atoms with van der Waals surface area (Å²) in [5.41, 5.74) is 9.81. The van der Waals surface area contributed by atoms with Crippen LogP contribution in [0.25, 0.3) is 75.8 Å². The van der Waals surface area contributed by atoms with E-state index in [1.54, 1.807) is 0 Å². The van der Waals surface area contributed by atoms with Crippen molar-refractivity contribution in [2.24, 2.45) is 0 Å². The molecule has 206 valence electrons. The lowest BCUT2D eigenvalue weighted by Gasteiger charge is -2.22. The van der Waals surface area contributed by atoms with Gasteiger partial charge in [-0.15, -0.1) is 11.3 Å². The first-order valence-corrected chi connectivity index (χ1v) is 15.7. The number of hydrogen-bond acceptors (Lipinski definition) is 2. The summed E-state index contributed by atoms with van der Waals surface area (Å²) in [6, 6.07) is 56.7. The number of rotatable bonds is 4. The van der Waals surface area contributed by atoms with Gasteiger partial charge in [-0.25, -0.2) is 0 Å². The van der Waals surface area contributed by atoms with Crippen molar-refractivity contribution in [1.82, 2.24) is 0 Å². The minimum Gasteiger partial charge on any atom is -0.456 e. The average molecular weight is 579 g/mol. The molecule has 0 aliphatic carbocycles. The molecule has 1 aliphatic rings. The lowest BCUT2D eigenvalue weighted by Crippen LogP contribution is -1.97. The van der Waals surface area contributed by atoms with Crippen molar-refractivity contribution >= 4 is 32.9 Å². The average Bonchev–Trinajstić information content (AvgIpc) is 3.59. The van der Waals surface area contributed by atoms with Crippen molar-refractivity contribution in [3.63, 3.8) is 0 Å².